The lowest BCUT2D eigenvalue weighted by Crippen LogP contribution is -2.34. The zero-order valence-corrected chi connectivity index (χ0v) is 17.1. The van der Waals surface area contributed by atoms with Gasteiger partial charge in [0, 0.05) is 10.6 Å². The number of nitrogens with zero attached hydrogens (tertiary/aromatic N) is 1. The van der Waals surface area contributed by atoms with Crippen molar-refractivity contribution < 1.29 is 19.1 Å². The maximum Gasteiger partial charge on any atom is 0.238 e. The van der Waals surface area contributed by atoms with Gasteiger partial charge in [0.2, 0.25) is 17.6 Å². The molecule has 0 spiro atoms. The highest BCUT2D eigenvalue weighted by Gasteiger charge is 2.60. The molecule has 5 atom stereocenters. The second kappa shape index (κ2) is 7.10. The standard InChI is InChI=1S/C24H20ClNO4/c1-13(22(27)14-5-3-2-4-6-14)30-19-10-9-17(25)12-18(19)26-23(28)20-15-7-8-16(11-15)21(20)24(26)29/h2-10,12-13,15-16,20-21H,11H2,1H3/t13-,15-,16-,20+,21+/m0/s1. The van der Waals surface area contributed by atoms with E-state index < -0.39 is 6.10 Å². The molecule has 1 saturated heterocycles. The van der Waals surface area contributed by atoms with Crippen molar-refractivity contribution in [3.05, 3.63) is 71.3 Å². The second-order valence-electron chi connectivity index (χ2n) is 8.11. The van der Waals surface area contributed by atoms with Gasteiger partial charge in [0.1, 0.15) is 5.75 Å². The summed E-state index contributed by atoms with van der Waals surface area (Å²) < 4.78 is 5.95. The number of carbonyl (C=O) groups excluding carboxylic acids is 3. The molecular weight excluding hydrogens is 402 g/mol. The summed E-state index contributed by atoms with van der Waals surface area (Å²) in [6.07, 6.45) is 4.17. The van der Waals surface area contributed by atoms with E-state index in [4.69, 9.17) is 16.3 Å². The van der Waals surface area contributed by atoms with Crippen molar-refractivity contribution in [3.8, 4) is 5.75 Å². The number of hydrogen-bond donors (Lipinski definition) is 0. The van der Waals surface area contributed by atoms with E-state index in [9.17, 15) is 14.4 Å². The number of Topliss-reactive ketones (excluding diaryl/α,β-unsaturated/α-hetero) is 1. The molecule has 1 saturated carbocycles. The van der Waals surface area contributed by atoms with Crippen LogP contribution in [0, 0.1) is 23.7 Å². The summed E-state index contributed by atoms with van der Waals surface area (Å²) >= 11 is 6.19. The molecule has 1 heterocycles. The largest absolute Gasteiger partial charge is 0.480 e. The molecule has 152 valence electrons. The first-order chi connectivity index (χ1) is 14.5. The molecule has 2 aromatic carbocycles. The minimum absolute atomic E-state index is 0.114. The first-order valence-corrected chi connectivity index (χ1v) is 10.4. The van der Waals surface area contributed by atoms with Crippen molar-refractivity contribution in [2.45, 2.75) is 19.4 Å². The number of ether oxygens (including phenoxy) is 1. The van der Waals surface area contributed by atoms with Gasteiger partial charge in [-0.05, 0) is 43.4 Å². The predicted octanol–water partition coefficient (Wildman–Crippen LogP) is 4.30. The number of fused-ring (bicyclic) bond motifs is 5. The monoisotopic (exact) mass is 421 g/mol. The van der Waals surface area contributed by atoms with Crippen LogP contribution in [0.3, 0.4) is 0 Å². The number of allylic oxidation sites excluding steroid dienone is 2. The number of halogens is 1. The topological polar surface area (TPSA) is 63.7 Å². The lowest BCUT2D eigenvalue weighted by molar-refractivity contribution is -0.123. The normalized spacial score (nSPS) is 27.5. The predicted molar refractivity (Wildman–Crippen MR) is 113 cm³/mol. The Morgan fingerprint density at radius 1 is 1.03 bits per heavy atom. The number of amides is 2. The van der Waals surface area contributed by atoms with Gasteiger partial charge in [-0.15, -0.1) is 0 Å². The van der Waals surface area contributed by atoms with Crippen molar-refractivity contribution in [3.63, 3.8) is 0 Å². The Bertz CT molecular complexity index is 1050. The van der Waals surface area contributed by atoms with Crippen molar-refractivity contribution >= 4 is 34.9 Å². The van der Waals surface area contributed by atoms with E-state index in [1.165, 1.54) is 4.90 Å². The number of hydrogen-bond acceptors (Lipinski definition) is 4. The van der Waals surface area contributed by atoms with Crippen LogP contribution in [-0.4, -0.2) is 23.7 Å². The van der Waals surface area contributed by atoms with E-state index in [1.807, 2.05) is 6.07 Å². The molecule has 5 rings (SSSR count). The summed E-state index contributed by atoms with van der Waals surface area (Å²) in [5.41, 5.74) is 0.838. The van der Waals surface area contributed by atoms with Gasteiger partial charge >= 0.3 is 0 Å². The third-order valence-corrected chi connectivity index (χ3v) is 6.60. The molecule has 3 aliphatic rings. The van der Waals surface area contributed by atoms with E-state index in [0.29, 0.717) is 16.3 Å². The first kappa shape index (κ1) is 19.1. The third-order valence-electron chi connectivity index (χ3n) is 6.36. The Morgan fingerprint density at radius 3 is 2.30 bits per heavy atom. The fourth-order valence-electron chi connectivity index (χ4n) is 4.99. The van der Waals surface area contributed by atoms with Crippen LogP contribution in [0.1, 0.15) is 23.7 Å². The zero-order chi connectivity index (χ0) is 21.0. The molecule has 2 aromatic rings. The molecule has 2 bridgehead atoms. The van der Waals surface area contributed by atoms with E-state index in [0.717, 1.165) is 6.42 Å². The smallest absolute Gasteiger partial charge is 0.238 e. The molecule has 2 aliphatic carbocycles. The van der Waals surface area contributed by atoms with Gasteiger partial charge in [-0.3, -0.25) is 14.4 Å². The summed E-state index contributed by atoms with van der Waals surface area (Å²) in [7, 11) is 0. The average Bonchev–Trinajstić information content (AvgIpc) is 3.43. The molecule has 1 aliphatic heterocycles. The Kier molecular flexibility index (Phi) is 4.51. The number of rotatable bonds is 5. The molecule has 2 fully saturated rings. The summed E-state index contributed by atoms with van der Waals surface area (Å²) in [5, 5.41) is 0.387. The molecular formula is C24H20ClNO4. The number of ketones is 1. The molecule has 0 N–H and O–H groups in total. The molecule has 30 heavy (non-hydrogen) atoms. The van der Waals surface area contributed by atoms with Crippen LogP contribution in [0.25, 0.3) is 0 Å². The van der Waals surface area contributed by atoms with Crippen LogP contribution in [-0.2, 0) is 9.59 Å². The fourth-order valence-corrected chi connectivity index (χ4v) is 5.15. The molecule has 0 unspecified atom stereocenters. The van der Waals surface area contributed by atoms with Crippen molar-refractivity contribution in [1.82, 2.24) is 0 Å². The highest BCUT2D eigenvalue weighted by molar-refractivity contribution is 6.31. The second-order valence-corrected chi connectivity index (χ2v) is 8.55. The van der Waals surface area contributed by atoms with E-state index in [1.54, 1.807) is 49.4 Å². The summed E-state index contributed by atoms with van der Waals surface area (Å²) in [6.45, 7) is 1.65. The van der Waals surface area contributed by atoms with Gasteiger partial charge < -0.3 is 4.74 Å². The maximum atomic E-state index is 13.2. The zero-order valence-electron chi connectivity index (χ0n) is 16.3. The van der Waals surface area contributed by atoms with Crippen LogP contribution in [0.2, 0.25) is 5.02 Å². The van der Waals surface area contributed by atoms with Crippen molar-refractivity contribution in [2.24, 2.45) is 23.7 Å². The van der Waals surface area contributed by atoms with Gasteiger partial charge in [0.05, 0.1) is 17.5 Å². The van der Waals surface area contributed by atoms with E-state index in [2.05, 4.69) is 12.2 Å². The molecule has 2 amide bonds. The van der Waals surface area contributed by atoms with Gasteiger partial charge in [0.25, 0.3) is 0 Å². The maximum absolute atomic E-state index is 13.2. The number of benzene rings is 2. The Hall–Kier alpha value is -2.92. The van der Waals surface area contributed by atoms with Gasteiger partial charge in [-0.2, -0.15) is 0 Å². The lowest BCUT2D eigenvalue weighted by Gasteiger charge is -2.22. The van der Waals surface area contributed by atoms with E-state index >= 15 is 0 Å². The summed E-state index contributed by atoms with van der Waals surface area (Å²) in [6, 6.07) is 13.6. The van der Waals surface area contributed by atoms with Gasteiger partial charge in [-0.1, -0.05) is 54.1 Å². The lowest BCUT2D eigenvalue weighted by atomic mass is 9.85. The van der Waals surface area contributed by atoms with Crippen LogP contribution < -0.4 is 9.64 Å². The number of carbonyl (C=O) groups is 3. The Morgan fingerprint density at radius 2 is 1.67 bits per heavy atom. The van der Waals surface area contributed by atoms with Crippen LogP contribution in [0.15, 0.2) is 60.7 Å². The van der Waals surface area contributed by atoms with Crippen molar-refractivity contribution in [2.75, 3.05) is 4.90 Å². The number of anilines is 1. The highest BCUT2D eigenvalue weighted by Crippen LogP contribution is 2.54. The van der Waals surface area contributed by atoms with Crippen LogP contribution in [0.4, 0.5) is 5.69 Å². The number of imide groups is 1. The van der Waals surface area contributed by atoms with Gasteiger partial charge in [0.15, 0.2) is 6.10 Å². The van der Waals surface area contributed by atoms with Crippen molar-refractivity contribution in [1.29, 1.82) is 0 Å². The Labute approximate surface area is 179 Å². The minimum atomic E-state index is -0.794. The highest BCUT2D eigenvalue weighted by atomic mass is 35.5. The van der Waals surface area contributed by atoms with Crippen LogP contribution in [0.5, 0.6) is 5.75 Å². The minimum Gasteiger partial charge on any atom is -0.480 e. The average molecular weight is 422 g/mol. The molecule has 5 nitrogen and oxygen atoms in total. The van der Waals surface area contributed by atoms with Crippen LogP contribution >= 0.6 is 11.6 Å². The Balaban J connectivity index is 1.46. The third kappa shape index (κ3) is 2.88. The fraction of sp³-hybridized carbons (Fsp3) is 0.292. The summed E-state index contributed by atoms with van der Waals surface area (Å²) in [5.74, 6) is -0.725. The molecule has 0 aromatic heterocycles. The van der Waals surface area contributed by atoms with E-state index in [-0.39, 0.29) is 47.0 Å². The summed E-state index contributed by atoms with van der Waals surface area (Å²) in [4.78, 5) is 40.3. The molecule has 0 radical (unpaired) electrons. The van der Waals surface area contributed by atoms with Gasteiger partial charge in [-0.25, -0.2) is 4.90 Å². The molecule has 6 heteroatoms. The first-order valence-electron chi connectivity index (χ1n) is 10.1. The quantitative estimate of drug-likeness (QED) is 0.410. The SMILES string of the molecule is C[C@H](Oc1ccc(Cl)cc1N1C(=O)[C@H]2[C@H](C1=O)[C@H]1C=C[C@H]2C1)C(=O)c1ccccc1.